The molecular weight excluding hydrogens is 200 g/mol. The van der Waals surface area contributed by atoms with Gasteiger partial charge in [0, 0.05) is 18.8 Å². The molecule has 2 rings (SSSR count). The van der Waals surface area contributed by atoms with E-state index in [1.54, 1.807) is 0 Å². The lowest BCUT2D eigenvalue weighted by Gasteiger charge is -2.26. The van der Waals surface area contributed by atoms with Gasteiger partial charge in [-0.25, -0.2) is 0 Å². The van der Waals surface area contributed by atoms with E-state index in [-0.39, 0.29) is 11.8 Å². The molecule has 1 aliphatic rings. The molecule has 2 N–H and O–H groups in total. The van der Waals surface area contributed by atoms with E-state index in [9.17, 15) is 4.79 Å². The minimum atomic E-state index is 0.133. The average Bonchev–Trinajstić information content (AvgIpc) is 2.08. The fourth-order valence-electron chi connectivity index (χ4n) is 2.08. The lowest BCUT2D eigenvalue weighted by Crippen LogP contribution is -2.48. The summed E-state index contributed by atoms with van der Waals surface area (Å²) in [5.41, 5.74) is 4.48. The first-order chi connectivity index (χ1) is 7.58. The first-order valence-corrected chi connectivity index (χ1v) is 5.67. The van der Waals surface area contributed by atoms with Crippen molar-refractivity contribution in [2.24, 2.45) is 5.92 Å². The second-order valence-corrected chi connectivity index (χ2v) is 4.62. The predicted octanol–water partition coefficient (Wildman–Crippen LogP) is 1.77. The monoisotopic (exact) mass is 218 g/mol. The molecule has 3 nitrogen and oxygen atoms in total. The Labute approximate surface area is 96.2 Å². The van der Waals surface area contributed by atoms with Gasteiger partial charge >= 0.3 is 0 Å². The molecule has 1 aromatic carbocycles. The van der Waals surface area contributed by atoms with Crippen molar-refractivity contribution >= 4 is 11.6 Å². The number of carbonyl (C=O) groups is 1. The molecule has 0 unspecified atom stereocenters. The minimum Gasteiger partial charge on any atom is -0.325 e. The molecule has 1 amide bonds. The number of aryl methyl sites for hydroxylation is 3. The molecule has 1 heterocycles. The third-order valence-electron chi connectivity index (χ3n) is 3.08. The smallest absolute Gasteiger partial charge is 0.230 e. The van der Waals surface area contributed by atoms with Crippen LogP contribution in [0.1, 0.15) is 16.7 Å². The summed E-state index contributed by atoms with van der Waals surface area (Å²) in [6.45, 7) is 7.75. The average molecular weight is 218 g/mol. The Bertz CT molecular complexity index is 399. The summed E-state index contributed by atoms with van der Waals surface area (Å²) in [6, 6.07) is 4.20. The Hall–Kier alpha value is -1.35. The predicted molar refractivity (Wildman–Crippen MR) is 65.6 cm³/mol. The Morgan fingerprint density at radius 2 is 1.81 bits per heavy atom. The van der Waals surface area contributed by atoms with Crippen LogP contribution in [0.15, 0.2) is 12.1 Å². The zero-order valence-corrected chi connectivity index (χ0v) is 10.1. The van der Waals surface area contributed by atoms with E-state index in [2.05, 4.69) is 29.7 Å². The Morgan fingerprint density at radius 3 is 2.25 bits per heavy atom. The zero-order chi connectivity index (χ0) is 11.7. The Balaban J connectivity index is 2.17. The third kappa shape index (κ3) is 2.09. The number of hydrogen-bond acceptors (Lipinski definition) is 2. The minimum absolute atomic E-state index is 0.133. The van der Waals surface area contributed by atoms with Crippen LogP contribution in [0.4, 0.5) is 5.69 Å². The third-order valence-corrected chi connectivity index (χ3v) is 3.08. The Kier molecular flexibility index (Phi) is 2.97. The van der Waals surface area contributed by atoms with Gasteiger partial charge in [0.05, 0.1) is 5.92 Å². The second kappa shape index (κ2) is 4.26. The lowest BCUT2D eigenvalue weighted by atomic mass is 10.0. The van der Waals surface area contributed by atoms with Gasteiger partial charge in [-0.05, 0) is 31.9 Å². The number of anilines is 1. The molecule has 0 saturated carbocycles. The normalized spacial score (nSPS) is 15.7. The van der Waals surface area contributed by atoms with Crippen LogP contribution in [-0.4, -0.2) is 19.0 Å². The molecule has 1 aliphatic heterocycles. The quantitative estimate of drug-likeness (QED) is 0.794. The van der Waals surface area contributed by atoms with E-state index in [0.29, 0.717) is 0 Å². The molecule has 3 heteroatoms. The highest BCUT2D eigenvalue weighted by molar-refractivity contribution is 5.94. The van der Waals surface area contributed by atoms with Crippen LogP contribution in [0.2, 0.25) is 0 Å². The molecule has 0 bridgehead atoms. The van der Waals surface area contributed by atoms with Crippen molar-refractivity contribution in [2.75, 3.05) is 18.4 Å². The Morgan fingerprint density at radius 1 is 1.25 bits per heavy atom. The van der Waals surface area contributed by atoms with Crippen LogP contribution in [0.25, 0.3) is 0 Å². The van der Waals surface area contributed by atoms with Gasteiger partial charge in [0.2, 0.25) is 5.91 Å². The van der Waals surface area contributed by atoms with Crippen molar-refractivity contribution in [3.8, 4) is 0 Å². The van der Waals surface area contributed by atoms with Gasteiger partial charge in [0.15, 0.2) is 0 Å². The molecule has 16 heavy (non-hydrogen) atoms. The zero-order valence-electron chi connectivity index (χ0n) is 10.1. The van der Waals surface area contributed by atoms with Crippen molar-refractivity contribution in [1.29, 1.82) is 0 Å². The standard InChI is InChI=1S/C13H18N2O/c1-8-4-9(2)12(10(3)5-8)15-13(16)11-6-14-7-11/h4-5,11,14H,6-7H2,1-3H3,(H,15,16). The molecule has 1 fully saturated rings. The van der Waals surface area contributed by atoms with Crippen molar-refractivity contribution in [3.63, 3.8) is 0 Å². The summed E-state index contributed by atoms with van der Waals surface area (Å²) in [5, 5.41) is 6.13. The van der Waals surface area contributed by atoms with Crippen molar-refractivity contribution in [2.45, 2.75) is 20.8 Å². The SMILES string of the molecule is Cc1cc(C)c(NC(=O)C2CNC2)c(C)c1. The molecule has 1 saturated heterocycles. The topological polar surface area (TPSA) is 41.1 Å². The number of nitrogens with one attached hydrogen (secondary N) is 2. The van der Waals surface area contributed by atoms with Gasteiger partial charge in [-0.1, -0.05) is 17.7 Å². The van der Waals surface area contributed by atoms with Gasteiger partial charge in [-0.3, -0.25) is 4.79 Å². The number of hydrogen-bond donors (Lipinski definition) is 2. The van der Waals surface area contributed by atoms with Crippen molar-refractivity contribution in [3.05, 3.63) is 28.8 Å². The highest BCUT2D eigenvalue weighted by Crippen LogP contribution is 2.22. The molecule has 0 radical (unpaired) electrons. The van der Waals surface area contributed by atoms with E-state index >= 15 is 0 Å². The van der Waals surface area contributed by atoms with Crippen LogP contribution in [-0.2, 0) is 4.79 Å². The maximum absolute atomic E-state index is 11.8. The number of rotatable bonds is 2. The lowest BCUT2D eigenvalue weighted by molar-refractivity contribution is -0.121. The summed E-state index contributed by atoms with van der Waals surface area (Å²) in [6.07, 6.45) is 0. The second-order valence-electron chi connectivity index (χ2n) is 4.62. The first kappa shape index (κ1) is 11.1. The van der Waals surface area contributed by atoms with Crippen LogP contribution >= 0.6 is 0 Å². The molecular formula is C13H18N2O. The van der Waals surface area contributed by atoms with Crippen LogP contribution in [0, 0.1) is 26.7 Å². The molecule has 0 atom stereocenters. The van der Waals surface area contributed by atoms with E-state index in [1.165, 1.54) is 5.56 Å². The van der Waals surface area contributed by atoms with Crippen LogP contribution in [0.5, 0.6) is 0 Å². The van der Waals surface area contributed by atoms with Crippen LogP contribution < -0.4 is 10.6 Å². The van der Waals surface area contributed by atoms with Gasteiger partial charge in [-0.2, -0.15) is 0 Å². The summed E-state index contributed by atoms with van der Waals surface area (Å²) in [5.74, 6) is 0.272. The van der Waals surface area contributed by atoms with E-state index in [1.807, 2.05) is 13.8 Å². The highest BCUT2D eigenvalue weighted by atomic mass is 16.2. The van der Waals surface area contributed by atoms with Gasteiger partial charge in [0.25, 0.3) is 0 Å². The van der Waals surface area contributed by atoms with E-state index in [0.717, 1.165) is 29.9 Å². The number of carbonyl (C=O) groups excluding carboxylic acids is 1. The largest absolute Gasteiger partial charge is 0.325 e. The van der Waals surface area contributed by atoms with Gasteiger partial charge < -0.3 is 10.6 Å². The molecule has 0 aliphatic carbocycles. The fourth-order valence-corrected chi connectivity index (χ4v) is 2.08. The fraction of sp³-hybridized carbons (Fsp3) is 0.462. The first-order valence-electron chi connectivity index (χ1n) is 5.67. The molecule has 0 aromatic heterocycles. The summed E-state index contributed by atoms with van der Waals surface area (Å²) >= 11 is 0. The van der Waals surface area contributed by atoms with Crippen molar-refractivity contribution < 1.29 is 4.79 Å². The molecule has 0 spiro atoms. The molecule has 86 valence electrons. The van der Waals surface area contributed by atoms with E-state index in [4.69, 9.17) is 0 Å². The maximum Gasteiger partial charge on any atom is 0.230 e. The van der Waals surface area contributed by atoms with Crippen LogP contribution in [0.3, 0.4) is 0 Å². The van der Waals surface area contributed by atoms with Gasteiger partial charge in [0.1, 0.15) is 0 Å². The summed E-state index contributed by atoms with van der Waals surface area (Å²) in [7, 11) is 0. The van der Waals surface area contributed by atoms with Crippen molar-refractivity contribution in [1.82, 2.24) is 5.32 Å². The highest BCUT2D eigenvalue weighted by Gasteiger charge is 2.25. The molecule has 1 aromatic rings. The number of benzene rings is 1. The summed E-state index contributed by atoms with van der Waals surface area (Å²) in [4.78, 5) is 11.8. The maximum atomic E-state index is 11.8. The number of amides is 1. The van der Waals surface area contributed by atoms with Gasteiger partial charge in [-0.15, -0.1) is 0 Å². The summed E-state index contributed by atoms with van der Waals surface area (Å²) < 4.78 is 0. The van der Waals surface area contributed by atoms with E-state index < -0.39 is 0 Å².